The fourth-order valence-corrected chi connectivity index (χ4v) is 3.15. The molecule has 0 saturated carbocycles. The lowest BCUT2D eigenvalue weighted by Gasteiger charge is -2.24. The molecule has 4 nitrogen and oxygen atoms in total. The number of aromatic nitrogens is 2. The van der Waals surface area contributed by atoms with E-state index in [0.29, 0.717) is 6.42 Å². The van der Waals surface area contributed by atoms with Gasteiger partial charge in [0.25, 0.3) is 0 Å². The molecule has 21 heavy (non-hydrogen) atoms. The van der Waals surface area contributed by atoms with E-state index in [4.69, 9.17) is 0 Å². The first-order chi connectivity index (χ1) is 10.1. The van der Waals surface area contributed by atoms with Gasteiger partial charge in [-0.25, -0.2) is 9.97 Å². The topological polar surface area (TPSA) is 58.0 Å². The highest BCUT2D eigenvalue weighted by molar-refractivity contribution is 5.36. The smallest absolute Gasteiger partial charge is 0.125 e. The first-order valence-corrected chi connectivity index (χ1v) is 7.38. The molecule has 0 bridgehead atoms. The number of aliphatic hydroxyl groups is 1. The van der Waals surface area contributed by atoms with E-state index in [1.165, 1.54) is 11.1 Å². The molecule has 1 aromatic heterocycles. The Morgan fingerprint density at radius 2 is 2.05 bits per heavy atom. The third-order valence-electron chi connectivity index (χ3n) is 4.24. The van der Waals surface area contributed by atoms with Crippen LogP contribution < -0.4 is 5.32 Å². The Hall–Kier alpha value is -1.78. The summed E-state index contributed by atoms with van der Waals surface area (Å²) in [7, 11) is 0. The van der Waals surface area contributed by atoms with E-state index in [1.807, 2.05) is 32.2 Å². The van der Waals surface area contributed by atoms with Crippen LogP contribution in [-0.4, -0.2) is 21.2 Å². The average molecular weight is 283 g/mol. The number of hydrogen-bond acceptors (Lipinski definition) is 4. The maximum atomic E-state index is 10.3. The SMILES string of the molecule is Cc1ncc(C(C)NC2c3ccccc3CC2O)c(C)n1. The van der Waals surface area contributed by atoms with Crippen LogP contribution in [0.4, 0.5) is 0 Å². The number of fused-ring (bicyclic) bond motifs is 1. The van der Waals surface area contributed by atoms with Crippen LogP contribution >= 0.6 is 0 Å². The van der Waals surface area contributed by atoms with Gasteiger partial charge in [0.05, 0.1) is 12.1 Å². The summed E-state index contributed by atoms with van der Waals surface area (Å²) in [5.74, 6) is 0.787. The Labute approximate surface area is 125 Å². The van der Waals surface area contributed by atoms with Gasteiger partial charge in [0.2, 0.25) is 0 Å². The first kappa shape index (κ1) is 14.2. The number of nitrogens with zero attached hydrogens (tertiary/aromatic N) is 2. The highest BCUT2D eigenvalue weighted by Crippen LogP contribution is 2.33. The number of rotatable bonds is 3. The minimum Gasteiger partial charge on any atom is -0.391 e. The number of aliphatic hydroxyl groups excluding tert-OH is 1. The molecular weight excluding hydrogens is 262 g/mol. The molecule has 110 valence electrons. The molecule has 0 aliphatic heterocycles. The maximum Gasteiger partial charge on any atom is 0.125 e. The lowest BCUT2D eigenvalue weighted by Crippen LogP contribution is -2.31. The fraction of sp³-hybridized carbons (Fsp3) is 0.412. The van der Waals surface area contributed by atoms with E-state index in [-0.39, 0.29) is 18.2 Å². The Balaban J connectivity index is 1.83. The van der Waals surface area contributed by atoms with Gasteiger partial charge < -0.3 is 10.4 Å². The number of hydrogen-bond donors (Lipinski definition) is 2. The second-order valence-corrected chi connectivity index (χ2v) is 5.79. The molecule has 2 aromatic rings. The van der Waals surface area contributed by atoms with Crippen LogP contribution in [0.3, 0.4) is 0 Å². The zero-order chi connectivity index (χ0) is 15.0. The van der Waals surface area contributed by atoms with Gasteiger partial charge in [0.1, 0.15) is 5.82 Å². The van der Waals surface area contributed by atoms with E-state index in [1.54, 1.807) is 0 Å². The summed E-state index contributed by atoms with van der Waals surface area (Å²) in [6, 6.07) is 8.29. The highest BCUT2D eigenvalue weighted by Gasteiger charge is 2.31. The van der Waals surface area contributed by atoms with E-state index in [2.05, 4.69) is 34.3 Å². The molecule has 4 heteroatoms. The lowest BCUT2D eigenvalue weighted by atomic mass is 10.0. The highest BCUT2D eigenvalue weighted by atomic mass is 16.3. The van der Waals surface area contributed by atoms with Crippen molar-refractivity contribution >= 4 is 0 Å². The summed E-state index contributed by atoms with van der Waals surface area (Å²) in [4.78, 5) is 8.70. The standard InChI is InChI=1S/C17H21N3O/c1-10-15(9-18-12(3)19-10)11(2)20-17-14-7-5-4-6-13(14)8-16(17)21/h4-7,9,11,16-17,20-21H,8H2,1-3H3. The van der Waals surface area contributed by atoms with Gasteiger partial charge in [-0.3, -0.25) is 0 Å². The van der Waals surface area contributed by atoms with E-state index in [0.717, 1.165) is 17.1 Å². The van der Waals surface area contributed by atoms with Crippen LogP contribution in [0.25, 0.3) is 0 Å². The van der Waals surface area contributed by atoms with Crippen molar-refractivity contribution < 1.29 is 5.11 Å². The van der Waals surface area contributed by atoms with Gasteiger partial charge >= 0.3 is 0 Å². The quantitative estimate of drug-likeness (QED) is 0.908. The Bertz CT molecular complexity index is 656. The minimum atomic E-state index is -0.378. The largest absolute Gasteiger partial charge is 0.391 e. The van der Waals surface area contributed by atoms with Crippen molar-refractivity contribution in [3.05, 3.63) is 58.7 Å². The molecular formula is C17H21N3O. The molecule has 0 fully saturated rings. The molecule has 0 spiro atoms. The fourth-order valence-electron chi connectivity index (χ4n) is 3.15. The number of aryl methyl sites for hydroxylation is 2. The van der Waals surface area contributed by atoms with Crippen molar-refractivity contribution in [2.24, 2.45) is 0 Å². The van der Waals surface area contributed by atoms with Gasteiger partial charge in [0, 0.05) is 29.9 Å². The molecule has 0 radical (unpaired) electrons. The van der Waals surface area contributed by atoms with Crippen LogP contribution in [0.1, 0.15) is 47.2 Å². The van der Waals surface area contributed by atoms with Crippen molar-refractivity contribution in [2.45, 2.75) is 45.4 Å². The van der Waals surface area contributed by atoms with Gasteiger partial charge in [-0.15, -0.1) is 0 Å². The van der Waals surface area contributed by atoms with E-state index >= 15 is 0 Å². The molecule has 2 N–H and O–H groups in total. The predicted octanol–water partition coefficient (Wildman–Crippen LogP) is 2.40. The predicted molar refractivity (Wildman–Crippen MR) is 82.0 cm³/mol. The molecule has 0 saturated heterocycles. The van der Waals surface area contributed by atoms with Crippen LogP contribution in [0, 0.1) is 13.8 Å². The minimum absolute atomic E-state index is 0.0306. The maximum absolute atomic E-state index is 10.3. The monoisotopic (exact) mass is 283 g/mol. The van der Waals surface area contributed by atoms with Crippen LogP contribution in [-0.2, 0) is 6.42 Å². The second kappa shape index (κ2) is 5.54. The summed E-state index contributed by atoms with van der Waals surface area (Å²) in [5.41, 5.74) is 4.49. The van der Waals surface area contributed by atoms with Gasteiger partial charge in [-0.1, -0.05) is 24.3 Å². The molecule has 3 unspecified atom stereocenters. The molecule has 1 heterocycles. The second-order valence-electron chi connectivity index (χ2n) is 5.79. The van der Waals surface area contributed by atoms with Crippen LogP contribution in [0.2, 0.25) is 0 Å². The summed E-state index contributed by atoms with van der Waals surface area (Å²) in [6.07, 6.45) is 2.21. The summed E-state index contributed by atoms with van der Waals surface area (Å²) >= 11 is 0. The molecule has 3 atom stereocenters. The molecule has 3 rings (SSSR count). The normalized spacial score (nSPS) is 22.1. The van der Waals surface area contributed by atoms with Gasteiger partial charge in [-0.05, 0) is 31.9 Å². The van der Waals surface area contributed by atoms with Crippen molar-refractivity contribution in [2.75, 3.05) is 0 Å². The molecule has 0 amide bonds. The van der Waals surface area contributed by atoms with Crippen LogP contribution in [0.15, 0.2) is 30.5 Å². The Morgan fingerprint density at radius 3 is 2.81 bits per heavy atom. The summed E-state index contributed by atoms with van der Waals surface area (Å²) in [6.45, 7) is 5.99. The van der Waals surface area contributed by atoms with Crippen molar-refractivity contribution in [1.82, 2.24) is 15.3 Å². The third-order valence-corrected chi connectivity index (χ3v) is 4.24. The zero-order valence-electron chi connectivity index (χ0n) is 12.7. The lowest BCUT2D eigenvalue weighted by molar-refractivity contribution is 0.136. The van der Waals surface area contributed by atoms with E-state index < -0.39 is 0 Å². The summed E-state index contributed by atoms with van der Waals surface area (Å²) in [5, 5.41) is 13.9. The zero-order valence-corrected chi connectivity index (χ0v) is 12.7. The third kappa shape index (κ3) is 2.69. The number of nitrogens with one attached hydrogen (secondary N) is 1. The Morgan fingerprint density at radius 1 is 1.29 bits per heavy atom. The molecule has 1 aromatic carbocycles. The van der Waals surface area contributed by atoms with Crippen molar-refractivity contribution in [1.29, 1.82) is 0 Å². The average Bonchev–Trinajstić information content (AvgIpc) is 2.75. The van der Waals surface area contributed by atoms with E-state index in [9.17, 15) is 5.11 Å². The van der Waals surface area contributed by atoms with Crippen LogP contribution in [0.5, 0.6) is 0 Å². The first-order valence-electron chi connectivity index (χ1n) is 7.38. The number of benzene rings is 1. The van der Waals surface area contributed by atoms with Crippen molar-refractivity contribution in [3.63, 3.8) is 0 Å². The van der Waals surface area contributed by atoms with Gasteiger partial charge in [-0.2, -0.15) is 0 Å². The molecule has 1 aliphatic rings. The molecule has 1 aliphatic carbocycles. The summed E-state index contributed by atoms with van der Waals surface area (Å²) < 4.78 is 0. The van der Waals surface area contributed by atoms with Gasteiger partial charge in [0.15, 0.2) is 0 Å². The van der Waals surface area contributed by atoms with Crippen molar-refractivity contribution in [3.8, 4) is 0 Å². The Kier molecular flexibility index (Phi) is 3.74.